The van der Waals surface area contributed by atoms with Gasteiger partial charge in [0.15, 0.2) is 0 Å². The van der Waals surface area contributed by atoms with Gasteiger partial charge in [-0.1, -0.05) is 13.8 Å². The topological polar surface area (TPSA) is 3.24 Å². The van der Waals surface area contributed by atoms with Crippen molar-refractivity contribution in [2.24, 2.45) is 23.7 Å². The van der Waals surface area contributed by atoms with Gasteiger partial charge in [0.05, 0.1) is 0 Å². The lowest BCUT2D eigenvalue weighted by Crippen LogP contribution is -2.39. The van der Waals surface area contributed by atoms with Crippen molar-refractivity contribution in [3.63, 3.8) is 0 Å². The quantitative estimate of drug-likeness (QED) is 0.709. The van der Waals surface area contributed by atoms with Gasteiger partial charge in [-0.25, -0.2) is 0 Å². The van der Waals surface area contributed by atoms with Gasteiger partial charge < -0.3 is 4.90 Å². The molecule has 1 nitrogen and oxygen atoms in total. The second kappa shape index (κ2) is 5.73. The molecule has 2 rings (SSSR count). The van der Waals surface area contributed by atoms with Crippen LogP contribution in [0.4, 0.5) is 0 Å². The van der Waals surface area contributed by atoms with Crippen molar-refractivity contribution in [2.75, 3.05) is 13.1 Å². The van der Waals surface area contributed by atoms with Crippen LogP contribution in [0.1, 0.15) is 59.8 Å². The Kier molecular flexibility index (Phi) is 4.52. The van der Waals surface area contributed by atoms with Crippen molar-refractivity contribution in [1.82, 2.24) is 4.90 Å². The summed E-state index contributed by atoms with van der Waals surface area (Å²) in [5.41, 5.74) is 0. The minimum atomic E-state index is 0.755. The smallest absolute Gasteiger partial charge is 0.00385 e. The van der Waals surface area contributed by atoms with Gasteiger partial charge in [0.2, 0.25) is 0 Å². The fourth-order valence-corrected chi connectivity index (χ4v) is 3.70. The maximum Gasteiger partial charge on any atom is 0.00385 e. The number of hydrogen-bond donors (Lipinski definition) is 0. The monoisotopic (exact) mass is 237 g/mol. The maximum absolute atomic E-state index is 2.65. The van der Waals surface area contributed by atoms with E-state index < -0.39 is 0 Å². The average molecular weight is 237 g/mol. The highest BCUT2D eigenvalue weighted by molar-refractivity contribution is 4.85. The van der Waals surface area contributed by atoms with Crippen LogP contribution in [0.5, 0.6) is 0 Å². The van der Waals surface area contributed by atoms with Crippen molar-refractivity contribution >= 4 is 0 Å². The third kappa shape index (κ3) is 3.47. The molecule has 0 N–H and O–H groups in total. The van der Waals surface area contributed by atoms with Crippen LogP contribution in [0, 0.1) is 23.7 Å². The highest BCUT2D eigenvalue weighted by atomic mass is 15.1. The molecule has 2 fully saturated rings. The van der Waals surface area contributed by atoms with Gasteiger partial charge in [-0.2, -0.15) is 0 Å². The van der Waals surface area contributed by atoms with Crippen LogP contribution in [0.15, 0.2) is 0 Å². The zero-order valence-corrected chi connectivity index (χ0v) is 12.3. The lowest BCUT2D eigenvalue weighted by molar-refractivity contribution is 0.0854. The third-order valence-electron chi connectivity index (χ3n) is 5.26. The summed E-state index contributed by atoms with van der Waals surface area (Å²) in [5, 5.41) is 0. The molecule has 17 heavy (non-hydrogen) atoms. The Balaban J connectivity index is 1.63. The van der Waals surface area contributed by atoms with Gasteiger partial charge in [0, 0.05) is 6.04 Å². The highest BCUT2D eigenvalue weighted by Gasteiger charge is 2.33. The fourth-order valence-electron chi connectivity index (χ4n) is 3.70. The second-order valence-corrected chi connectivity index (χ2v) is 7.15. The van der Waals surface area contributed by atoms with Crippen molar-refractivity contribution in [3.8, 4) is 0 Å². The van der Waals surface area contributed by atoms with E-state index in [1.807, 2.05) is 0 Å². The van der Waals surface area contributed by atoms with E-state index in [0.717, 1.165) is 29.7 Å². The van der Waals surface area contributed by atoms with Gasteiger partial charge in [-0.05, 0) is 82.7 Å². The Morgan fingerprint density at radius 1 is 0.941 bits per heavy atom. The van der Waals surface area contributed by atoms with E-state index in [-0.39, 0.29) is 0 Å². The normalized spacial score (nSPS) is 32.1. The molecule has 0 bridgehead atoms. The van der Waals surface area contributed by atoms with Crippen LogP contribution < -0.4 is 0 Å². The number of piperidine rings is 1. The standard InChI is InChI=1S/C16H31N/c1-12(2)16-10-15(11-16)9-14-5-7-17(8-6-14)13(3)4/h12-16H,5-11H2,1-4H3. The predicted octanol–water partition coefficient (Wildman–Crippen LogP) is 4.18. The van der Waals surface area contributed by atoms with Crippen LogP contribution in [-0.2, 0) is 0 Å². The summed E-state index contributed by atoms with van der Waals surface area (Å²) in [4.78, 5) is 2.65. The van der Waals surface area contributed by atoms with E-state index >= 15 is 0 Å². The first-order valence-corrected chi connectivity index (χ1v) is 7.80. The van der Waals surface area contributed by atoms with Crippen molar-refractivity contribution in [3.05, 3.63) is 0 Å². The summed E-state index contributed by atoms with van der Waals surface area (Å²) in [5.74, 6) is 4.10. The molecule has 0 amide bonds. The first-order valence-electron chi connectivity index (χ1n) is 7.80. The first kappa shape index (κ1) is 13.4. The molecule has 1 heteroatoms. The van der Waals surface area contributed by atoms with Crippen LogP contribution in [0.25, 0.3) is 0 Å². The molecule has 2 aliphatic rings. The molecule has 1 saturated carbocycles. The van der Waals surface area contributed by atoms with E-state index in [4.69, 9.17) is 0 Å². The van der Waals surface area contributed by atoms with Crippen LogP contribution in [0.3, 0.4) is 0 Å². The number of nitrogens with zero attached hydrogens (tertiary/aromatic N) is 1. The molecule has 0 spiro atoms. The molecule has 0 aromatic carbocycles. The van der Waals surface area contributed by atoms with Crippen LogP contribution >= 0.6 is 0 Å². The van der Waals surface area contributed by atoms with Crippen molar-refractivity contribution in [1.29, 1.82) is 0 Å². The van der Waals surface area contributed by atoms with Crippen molar-refractivity contribution in [2.45, 2.75) is 65.8 Å². The summed E-state index contributed by atoms with van der Waals surface area (Å²) in [6.07, 6.45) is 7.52. The lowest BCUT2D eigenvalue weighted by atomic mass is 9.66. The highest BCUT2D eigenvalue weighted by Crippen LogP contribution is 2.43. The fraction of sp³-hybridized carbons (Fsp3) is 1.00. The Hall–Kier alpha value is -0.0400. The van der Waals surface area contributed by atoms with Gasteiger partial charge in [-0.3, -0.25) is 0 Å². The van der Waals surface area contributed by atoms with Gasteiger partial charge >= 0.3 is 0 Å². The van der Waals surface area contributed by atoms with Gasteiger partial charge in [0.25, 0.3) is 0 Å². The van der Waals surface area contributed by atoms with E-state index in [2.05, 4.69) is 32.6 Å². The molecule has 1 aliphatic heterocycles. The van der Waals surface area contributed by atoms with Gasteiger partial charge in [-0.15, -0.1) is 0 Å². The molecular weight excluding hydrogens is 206 g/mol. The molecule has 1 saturated heterocycles. The zero-order chi connectivity index (χ0) is 12.4. The van der Waals surface area contributed by atoms with E-state index in [0.29, 0.717) is 0 Å². The number of hydrogen-bond acceptors (Lipinski definition) is 1. The van der Waals surface area contributed by atoms with E-state index in [1.165, 1.54) is 45.2 Å². The summed E-state index contributed by atoms with van der Waals surface area (Å²) in [7, 11) is 0. The summed E-state index contributed by atoms with van der Waals surface area (Å²) < 4.78 is 0. The SMILES string of the molecule is CC(C)C1CC(CC2CCN(C(C)C)CC2)C1. The molecular formula is C16H31N. The second-order valence-electron chi connectivity index (χ2n) is 7.15. The molecule has 1 aliphatic carbocycles. The zero-order valence-electron chi connectivity index (χ0n) is 12.3. The largest absolute Gasteiger partial charge is 0.301 e. The van der Waals surface area contributed by atoms with E-state index in [9.17, 15) is 0 Å². The third-order valence-corrected chi connectivity index (χ3v) is 5.26. The number of rotatable bonds is 4. The molecule has 0 atom stereocenters. The Morgan fingerprint density at radius 3 is 2.00 bits per heavy atom. The summed E-state index contributed by atoms with van der Waals surface area (Å²) in [6.45, 7) is 12.1. The maximum atomic E-state index is 2.65. The molecule has 0 radical (unpaired) electrons. The molecule has 100 valence electrons. The summed E-state index contributed by atoms with van der Waals surface area (Å²) >= 11 is 0. The lowest BCUT2D eigenvalue weighted by Gasteiger charge is -2.42. The molecule has 0 aromatic rings. The molecule has 0 aromatic heterocycles. The van der Waals surface area contributed by atoms with E-state index in [1.54, 1.807) is 0 Å². The average Bonchev–Trinajstić information content (AvgIpc) is 2.23. The molecule has 0 unspecified atom stereocenters. The Morgan fingerprint density at radius 2 is 1.53 bits per heavy atom. The minimum absolute atomic E-state index is 0.755. The summed E-state index contributed by atoms with van der Waals surface area (Å²) in [6, 6.07) is 0.755. The van der Waals surface area contributed by atoms with Crippen LogP contribution in [-0.4, -0.2) is 24.0 Å². The van der Waals surface area contributed by atoms with Crippen molar-refractivity contribution < 1.29 is 0 Å². The molecule has 1 heterocycles. The predicted molar refractivity (Wildman–Crippen MR) is 75.1 cm³/mol. The van der Waals surface area contributed by atoms with Gasteiger partial charge in [0.1, 0.15) is 0 Å². The minimum Gasteiger partial charge on any atom is -0.301 e. The van der Waals surface area contributed by atoms with Crippen LogP contribution in [0.2, 0.25) is 0 Å². The Labute approximate surface area is 108 Å². The Bertz CT molecular complexity index is 220. The number of likely N-dealkylation sites (tertiary alicyclic amines) is 1. The first-order chi connectivity index (χ1) is 8.06.